The van der Waals surface area contributed by atoms with Gasteiger partial charge in [0.05, 0.1) is 5.25 Å². The van der Waals surface area contributed by atoms with Crippen molar-refractivity contribution >= 4 is 23.6 Å². The van der Waals surface area contributed by atoms with Crippen LogP contribution < -0.4 is 0 Å². The molecule has 142 valence electrons. The van der Waals surface area contributed by atoms with Crippen molar-refractivity contribution in [1.29, 1.82) is 0 Å². The number of hydrogen-bond acceptors (Lipinski definition) is 3. The van der Waals surface area contributed by atoms with Crippen molar-refractivity contribution in [3.05, 3.63) is 35.6 Å². The molecule has 1 aromatic rings. The number of thioether (sulfide) groups is 1. The average molecular weight is 379 g/mol. The molecule has 2 atom stereocenters. The molecule has 0 saturated carbocycles. The summed E-state index contributed by atoms with van der Waals surface area (Å²) in [6.07, 6.45) is 1.83. The first kappa shape index (κ1) is 19.2. The van der Waals surface area contributed by atoms with Crippen LogP contribution >= 0.6 is 11.8 Å². The van der Waals surface area contributed by atoms with E-state index in [2.05, 4.69) is 0 Å². The predicted molar refractivity (Wildman–Crippen MR) is 102 cm³/mol. The van der Waals surface area contributed by atoms with Crippen molar-refractivity contribution < 1.29 is 14.0 Å². The minimum Gasteiger partial charge on any atom is -0.342 e. The Morgan fingerprint density at radius 2 is 2.00 bits per heavy atom. The highest BCUT2D eigenvalue weighted by molar-refractivity contribution is 8.01. The Bertz CT molecular complexity index is 674. The highest BCUT2D eigenvalue weighted by Crippen LogP contribution is 2.43. The van der Waals surface area contributed by atoms with Crippen LogP contribution in [0.3, 0.4) is 0 Å². The molecule has 1 aromatic carbocycles. The first-order valence-electron chi connectivity index (χ1n) is 9.37. The number of hydrogen-bond donors (Lipinski definition) is 0. The van der Waals surface area contributed by atoms with Gasteiger partial charge in [0.15, 0.2) is 0 Å². The third kappa shape index (κ3) is 4.05. The lowest BCUT2D eigenvalue weighted by molar-refractivity contribution is -0.137. The lowest BCUT2D eigenvalue weighted by Crippen LogP contribution is -2.44. The number of piperidine rings is 1. The molecule has 0 N–H and O–H groups in total. The first-order valence-corrected chi connectivity index (χ1v) is 10.3. The zero-order valence-electron chi connectivity index (χ0n) is 15.7. The van der Waals surface area contributed by atoms with E-state index in [0.29, 0.717) is 12.5 Å². The summed E-state index contributed by atoms with van der Waals surface area (Å²) in [7, 11) is 0. The molecule has 2 aliphatic heterocycles. The SMILES string of the molecule is CC(C)C(=O)N1CCC(CN2C(=O)C(C)SC2c2cccc(F)c2)CC1. The summed E-state index contributed by atoms with van der Waals surface area (Å²) in [6, 6.07) is 6.55. The van der Waals surface area contributed by atoms with Crippen LogP contribution in [-0.4, -0.2) is 46.5 Å². The van der Waals surface area contributed by atoms with Crippen LogP contribution in [0.25, 0.3) is 0 Å². The Morgan fingerprint density at radius 1 is 1.31 bits per heavy atom. The lowest BCUT2D eigenvalue weighted by Gasteiger charge is -2.36. The molecule has 0 bridgehead atoms. The molecule has 2 unspecified atom stereocenters. The van der Waals surface area contributed by atoms with Crippen molar-refractivity contribution in [3.8, 4) is 0 Å². The maximum absolute atomic E-state index is 13.6. The smallest absolute Gasteiger partial charge is 0.236 e. The van der Waals surface area contributed by atoms with E-state index in [1.165, 1.54) is 12.1 Å². The van der Waals surface area contributed by atoms with Crippen molar-refractivity contribution in [2.75, 3.05) is 19.6 Å². The van der Waals surface area contributed by atoms with Gasteiger partial charge in [-0.05, 0) is 43.4 Å². The van der Waals surface area contributed by atoms with Crippen LogP contribution in [-0.2, 0) is 9.59 Å². The molecule has 0 spiro atoms. The number of benzene rings is 1. The third-order valence-electron chi connectivity index (χ3n) is 5.26. The zero-order valence-corrected chi connectivity index (χ0v) is 16.5. The molecule has 2 amide bonds. The van der Waals surface area contributed by atoms with Gasteiger partial charge in [-0.3, -0.25) is 9.59 Å². The molecule has 2 aliphatic rings. The fraction of sp³-hybridized carbons (Fsp3) is 0.600. The highest BCUT2D eigenvalue weighted by Gasteiger charge is 2.40. The third-order valence-corrected chi connectivity index (χ3v) is 6.65. The number of carbonyl (C=O) groups excluding carboxylic acids is 2. The van der Waals surface area contributed by atoms with Crippen LogP contribution in [0, 0.1) is 17.7 Å². The fourth-order valence-electron chi connectivity index (χ4n) is 3.76. The van der Waals surface area contributed by atoms with Crippen LogP contribution in [0.15, 0.2) is 24.3 Å². The number of carbonyl (C=O) groups is 2. The van der Waals surface area contributed by atoms with E-state index in [4.69, 9.17) is 0 Å². The number of amides is 2. The van der Waals surface area contributed by atoms with Gasteiger partial charge in [-0.25, -0.2) is 4.39 Å². The van der Waals surface area contributed by atoms with Crippen molar-refractivity contribution in [2.45, 2.75) is 44.2 Å². The molecule has 6 heteroatoms. The summed E-state index contributed by atoms with van der Waals surface area (Å²) in [6.45, 7) is 7.98. The van der Waals surface area contributed by atoms with Gasteiger partial charge in [-0.1, -0.05) is 26.0 Å². The number of rotatable bonds is 4. The molecule has 3 rings (SSSR count). The van der Waals surface area contributed by atoms with Gasteiger partial charge < -0.3 is 9.80 Å². The van der Waals surface area contributed by atoms with Gasteiger partial charge in [0.2, 0.25) is 11.8 Å². The van der Waals surface area contributed by atoms with E-state index in [-0.39, 0.29) is 34.2 Å². The van der Waals surface area contributed by atoms with E-state index < -0.39 is 0 Å². The average Bonchev–Trinajstić information content (AvgIpc) is 2.90. The predicted octanol–water partition coefficient (Wildman–Crippen LogP) is 3.68. The van der Waals surface area contributed by atoms with E-state index in [9.17, 15) is 14.0 Å². The first-order chi connectivity index (χ1) is 12.4. The minimum absolute atomic E-state index is 0.0290. The molecule has 2 saturated heterocycles. The Hall–Kier alpha value is -1.56. The Labute approximate surface area is 159 Å². The normalized spacial score (nSPS) is 24.6. The molecular formula is C20H27FN2O2S. The number of halogens is 1. The van der Waals surface area contributed by atoms with Crippen molar-refractivity contribution in [3.63, 3.8) is 0 Å². The molecular weight excluding hydrogens is 351 g/mol. The standard InChI is InChI=1S/C20H27FN2O2S/c1-13(2)18(24)22-9-7-15(8-10-22)12-23-19(25)14(3)26-20(23)16-5-4-6-17(21)11-16/h4-6,11,13-15,20H,7-10,12H2,1-3H3. The summed E-state index contributed by atoms with van der Waals surface area (Å²) in [5.74, 6) is 0.487. The maximum atomic E-state index is 13.6. The molecule has 2 heterocycles. The van der Waals surface area contributed by atoms with Crippen LogP contribution in [0.4, 0.5) is 4.39 Å². The van der Waals surface area contributed by atoms with Crippen molar-refractivity contribution in [2.24, 2.45) is 11.8 Å². The summed E-state index contributed by atoms with van der Waals surface area (Å²) < 4.78 is 13.6. The Kier molecular flexibility index (Phi) is 5.90. The maximum Gasteiger partial charge on any atom is 0.236 e. The minimum atomic E-state index is -0.268. The van der Waals surface area contributed by atoms with Gasteiger partial charge in [-0.2, -0.15) is 0 Å². The number of likely N-dealkylation sites (tertiary alicyclic amines) is 1. The Morgan fingerprint density at radius 3 is 2.62 bits per heavy atom. The topological polar surface area (TPSA) is 40.6 Å². The lowest BCUT2D eigenvalue weighted by atomic mass is 9.95. The molecule has 0 aliphatic carbocycles. The summed E-state index contributed by atoms with van der Waals surface area (Å²) >= 11 is 1.59. The second-order valence-corrected chi connectivity index (χ2v) is 9.03. The molecule has 0 radical (unpaired) electrons. The highest BCUT2D eigenvalue weighted by atomic mass is 32.2. The van der Waals surface area contributed by atoms with E-state index in [1.807, 2.05) is 36.6 Å². The molecule has 26 heavy (non-hydrogen) atoms. The molecule has 0 aromatic heterocycles. The number of nitrogens with zero attached hydrogens (tertiary/aromatic N) is 2. The molecule has 2 fully saturated rings. The Balaban J connectivity index is 1.66. The summed E-state index contributed by atoms with van der Waals surface area (Å²) in [5.41, 5.74) is 0.847. The monoisotopic (exact) mass is 378 g/mol. The molecule has 4 nitrogen and oxygen atoms in total. The van der Waals surface area contributed by atoms with Gasteiger partial charge in [0.1, 0.15) is 11.2 Å². The van der Waals surface area contributed by atoms with Gasteiger partial charge >= 0.3 is 0 Å². The van der Waals surface area contributed by atoms with Crippen LogP contribution in [0.2, 0.25) is 0 Å². The van der Waals surface area contributed by atoms with Crippen LogP contribution in [0.1, 0.15) is 44.6 Å². The second kappa shape index (κ2) is 7.99. The van der Waals surface area contributed by atoms with Crippen molar-refractivity contribution in [1.82, 2.24) is 9.80 Å². The van der Waals surface area contributed by atoms with Gasteiger partial charge in [-0.15, -0.1) is 11.8 Å². The van der Waals surface area contributed by atoms with E-state index in [0.717, 1.165) is 31.5 Å². The zero-order chi connectivity index (χ0) is 18.8. The van der Waals surface area contributed by atoms with Crippen LogP contribution in [0.5, 0.6) is 0 Å². The quantitative estimate of drug-likeness (QED) is 0.802. The summed E-state index contributed by atoms with van der Waals surface area (Å²) in [4.78, 5) is 28.6. The second-order valence-electron chi connectivity index (χ2n) is 7.60. The fourth-order valence-corrected chi connectivity index (χ4v) is 5.04. The van der Waals surface area contributed by atoms with Gasteiger partial charge in [0.25, 0.3) is 0 Å². The van der Waals surface area contributed by atoms with Gasteiger partial charge in [0, 0.05) is 25.6 Å². The van der Waals surface area contributed by atoms with E-state index >= 15 is 0 Å². The van der Waals surface area contributed by atoms with E-state index in [1.54, 1.807) is 17.8 Å². The largest absolute Gasteiger partial charge is 0.342 e. The summed E-state index contributed by atoms with van der Waals surface area (Å²) in [5, 5.41) is -0.227.